The fourth-order valence-corrected chi connectivity index (χ4v) is 2.31. The fourth-order valence-electron chi connectivity index (χ4n) is 2.31. The third kappa shape index (κ3) is 5.06. The van der Waals surface area contributed by atoms with Crippen molar-refractivity contribution in [3.63, 3.8) is 0 Å². The fraction of sp³-hybridized carbons (Fsp3) is 0.278. The van der Waals surface area contributed by atoms with Crippen molar-refractivity contribution >= 4 is 23.9 Å². The van der Waals surface area contributed by atoms with E-state index < -0.39 is 6.04 Å². The van der Waals surface area contributed by atoms with Crippen LogP contribution in [0.1, 0.15) is 22.0 Å². The van der Waals surface area contributed by atoms with Crippen LogP contribution in [-0.4, -0.2) is 38.1 Å². The molecule has 1 unspecified atom stereocenters. The number of anilines is 1. The number of aliphatic hydroxyl groups excluding tert-OH is 1. The molecule has 2 aromatic carbocycles. The van der Waals surface area contributed by atoms with Crippen LogP contribution in [0.5, 0.6) is 0 Å². The molecule has 0 aliphatic carbocycles. The number of rotatable bonds is 7. The van der Waals surface area contributed by atoms with Gasteiger partial charge in [-0.05, 0) is 29.8 Å². The van der Waals surface area contributed by atoms with Crippen LogP contribution in [0.4, 0.5) is 5.69 Å². The number of Topliss-reactive ketones (excluding diaryl/α,β-unsaturated/α-hetero) is 1. The Bertz CT molecular complexity index is 600. The normalized spacial score (nSPS) is 11.4. The van der Waals surface area contributed by atoms with E-state index in [0.717, 1.165) is 11.3 Å². The molecule has 0 fully saturated rings. The van der Waals surface area contributed by atoms with E-state index in [1.807, 2.05) is 73.6 Å². The average Bonchev–Trinajstić information content (AvgIpc) is 2.56. The number of ketones is 1. The summed E-state index contributed by atoms with van der Waals surface area (Å²) in [4.78, 5) is 14.8. The molecule has 124 valence electrons. The second kappa shape index (κ2) is 9.30. The molecule has 0 radical (unpaired) electrons. The van der Waals surface area contributed by atoms with Gasteiger partial charge in [-0.15, -0.1) is 12.4 Å². The van der Waals surface area contributed by atoms with E-state index in [1.54, 1.807) is 0 Å². The lowest BCUT2D eigenvalue weighted by molar-refractivity contribution is 0.0940. The molecule has 0 bridgehead atoms. The predicted molar refractivity (Wildman–Crippen MR) is 96.6 cm³/mol. The van der Waals surface area contributed by atoms with E-state index >= 15 is 0 Å². The van der Waals surface area contributed by atoms with Crippen molar-refractivity contribution in [3.05, 3.63) is 65.7 Å². The zero-order chi connectivity index (χ0) is 15.9. The molecule has 4 nitrogen and oxygen atoms in total. The highest BCUT2D eigenvalue weighted by Gasteiger charge is 2.21. The molecule has 0 spiro atoms. The Balaban J connectivity index is 0.00000264. The lowest BCUT2D eigenvalue weighted by atomic mass is 9.97. The number of benzene rings is 2. The van der Waals surface area contributed by atoms with Gasteiger partial charge in [0.05, 0.1) is 12.6 Å². The van der Waals surface area contributed by atoms with Gasteiger partial charge in [0.25, 0.3) is 0 Å². The van der Waals surface area contributed by atoms with Gasteiger partial charge in [0, 0.05) is 31.9 Å². The molecular weight excluding hydrogens is 312 g/mol. The minimum atomic E-state index is -0.446. The molecule has 0 aromatic heterocycles. The van der Waals surface area contributed by atoms with E-state index in [2.05, 4.69) is 5.32 Å². The lowest BCUT2D eigenvalue weighted by Crippen LogP contribution is -2.31. The number of hydrogen-bond donors (Lipinski definition) is 2. The van der Waals surface area contributed by atoms with Crippen LogP contribution in [0.25, 0.3) is 0 Å². The van der Waals surface area contributed by atoms with Crippen molar-refractivity contribution in [2.24, 2.45) is 0 Å². The van der Waals surface area contributed by atoms with E-state index in [0.29, 0.717) is 12.1 Å². The van der Waals surface area contributed by atoms with Crippen molar-refractivity contribution < 1.29 is 9.90 Å². The molecule has 23 heavy (non-hydrogen) atoms. The summed E-state index contributed by atoms with van der Waals surface area (Å²) >= 11 is 0. The van der Waals surface area contributed by atoms with Gasteiger partial charge in [-0.25, -0.2) is 0 Å². The Kier molecular flexibility index (Phi) is 7.75. The quantitative estimate of drug-likeness (QED) is 0.764. The van der Waals surface area contributed by atoms with Crippen molar-refractivity contribution in [2.75, 3.05) is 32.1 Å². The summed E-state index contributed by atoms with van der Waals surface area (Å²) < 4.78 is 0. The van der Waals surface area contributed by atoms with Gasteiger partial charge in [0.2, 0.25) is 0 Å². The Morgan fingerprint density at radius 1 is 1.09 bits per heavy atom. The third-order valence-corrected chi connectivity index (χ3v) is 3.52. The van der Waals surface area contributed by atoms with Crippen LogP contribution >= 0.6 is 12.4 Å². The smallest absolute Gasteiger partial charge is 0.184 e. The maximum atomic E-state index is 12.8. The number of nitrogens with one attached hydrogen (secondary N) is 1. The molecule has 0 heterocycles. The number of carbonyl (C=O) groups excluding carboxylic acids is 1. The molecule has 0 amide bonds. The Morgan fingerprint density at radius 3 is 2.22 bits per heavy atom. The van der Waals surface area contributed by atoms with E-state index in [4.69, 9.17) is 5.11 Å². The molecule has 2 N–H and O–H groups in total. The van der Waals surface area contributed by atoms with Crippen molar-refractivity contribution in [3.8, 4) is 0 Å². The van der Waals surface area contributed by atoms with Crippen LogP contribution in [0.3, 0.4) is 0 Å². The second-order valence-electron chi connectivity index (χ2n) is 5.33. The molecule has 1 atom stereocenters. The molecule has 0 aliphatic heterocycles. The topological polar surface area (TPSA) is 52.6 Å². The highest BCUT2D eigenvalue weighted by molar-refractivity contribution is 6.01. The number of nitrogens with zero attached hydrogens (tertiary/aromatic N) is 1. The highest BCUT2D eigenvalue weighted by atomic mass is 35.5. The first-order chi connectivity index (χ1) is 10.6. The standard InChI is InChI=1S/C18H22N2O2.ClH/c1-20(2)16-10-8-15(9-11-16)18(22)17(19-12-13-21)14-6-4-3-5-7-14;/h3-11,17,19,21H,12-13H2,1-2H3;1H. The largest absolute Gasteiger partial charge is 0.395 e. The van der Waals surface area contributed by atoms with Crippen molar-refractivity contribution in [1.29, 1.82) is 0 Å². The van der Waals surface area contributed by atoms with E-state index in [-0.39, 0.29) is 24.8 Å². The number of halogens is 1. The van der Waals surface area contributed by atoms with Crippen LogP contribution in [0, 0.1) is 0 Å². The lowest BCUT2D eigenvalue weighted by Gasteiger charge is -2.18. The molecule has 2 aromatic rings. The van der Waals surface area contributed by atoms with Crippen molar-refractivity contribution in [1.82, 2.24) is 5.32 Å². The Morgan fingerprint density at radius 2 is 1.70 bits per heavy atom. The third-order valence-electron chi connectivity index (χ3n) is 3.52. The molecule has 2 rings (SSSR count). The molecule has 5 heteroatoms. The molecular formula is C18H23ClN2O2. The Labute approximate surface area is 143 Å². The van der Waals surface area contributed by atoms with Gasteiger partial charge in [-0.1, -0.05) is 30.3 Å². The monoisotopic (exact) mass is 334 g/mol. The number of hydrogen-bond acceptors (Lipinski definition) is 4. The first kappa shape index (κ1) is 19.2. The SMILES string of the molecule is CN(C)c1ccc(C(=O)C(NCCO)c2ccccc2)cc1.Cl. The molecule has 0 saturated carbocycles. The van der Waals surface area contributed by atoms with E-state index in [9.17, 15) is 4.79 Å². The Hall–Kier alpha value is -1.88. The minimum Gasteiger partial charge on any atom is -0.395 e. The van der Waals surface area contributed by atoms with Gasteiger partial charge in [-0.2, -0.15) is 0 Å². The summed E-state index contributed by atoms with van der Waals surface area (Å²) in [7, 11) is 3.93. The zero-order valence-corrected chi connectivity index (χ0v) is 14.2. The molecule has 0 saturated heterocycles. The van der Waals surface area contributed by atoms with Gasteiger partial charge < -0.3 is 15.3 Å². The van der Waals surface area contributed by atoms with Gasteiger partial charge in [0.1, 0.15) is 0 Å². The predicted octanol–water partition coefficient (Wildman–Crippen LogP) is 2.68. The minimum absolute atomic E-state index is 0. The number of aliphatic hydroxyl groups is 1. The van der Waals surface area contributed by atoms with Crippen molar-refractivity contribution in [2.45, 2.75) is 6.04 Å². The second-order valence-corrected chi connectivity index (χ2v) is 5.33. The first-order valence-corrected chi connectivity index (χ1v) is 7.34. The van der Waals surface area contributed by atoms with E-state index in [1.165, 1.54) is 0 Å². The van der Waals surface area contributed by atoms with Crippen LogP contribution in [-0.2, 0) is 0 Å². The first-order valence-electron chi connectivity index (χ1n) is 7.34. The molecule has 0 aliphatic rings. The summed E-state index contributed by atoms with van der Waals surface area (Å²) in [5.41, 5.74) is 2.61. The van der Waals surface area contributed by atoms with Gasteiger partial charge >= 0.3 is 0 Å². The highest BCUT2D eigenvalue weighted by Crippen LogP contribution is 2.20. The number of carbonyl (C=O) groups is 1. The van der Waals surface area contributed by atoms with Crippen LogP contribution in [0.15, 0.2) is 54.6 Å². The summed E-state index contributed by atoms with van der Waals surface area (Å²) in [6.45, 7) is 0.372. The summed E-state index contributed by atoms with van der Waals surface area (Å²) in [6, 6.07) is 16.7. The zero-order valence-electron chi connectivity index (χ0n) is 13.4. The van der Waals surface area contributed by atoms with Crippen LogP contribution < -0.4 is 10.2 Å². The maximum Gasteiger partial charge on any atom is 0.184 e. The summed E-state index contributed by atoms with van der Waals surface area (Å²) in [5.74, 6) is 0.00459. The maximum absolute atomic E-state index is 12.8. The summed E-state index contributed by atoms with van der Waals surface area (Å²) in [5, 5.41) is 12.1. The van der Waals surface area contributed by atoms with Gasteiger partial charge in [0.15, 0.2) is 5.78 Å². The average molecular weight is 335 g/mol. The summed E-state index contributed by atoms with van der Waals surface area (Å²) in [6.07, 6.45) is 0. The van der Waals surface area contributed by atoms with Gasteiger partial charge in [-0.3, -0.25) is 4.79 Å². The van der Waals surface area contributed by atoms with Crippen LogP contribution in [0.2, 0.25) is 0 Å².